The first kappa shape index (κ1) is 19.5. The Hall–Kier alpha value is -0.840. The highest BCUT2D eigenvalue weighted by Crippen LogP contribution is 2.03. The van der Waals surface area contributed by atoms with E-state index in [4.69, 9.17) is 5.73 Å². The smallest absolute Gasteiger partial charge is 0.237 e. The third kappa shape index (κ3) is 5.67. The van der Waals surface area contributed by atoms with Gasteiger partial charge in [-0.1, -0.05) is 19.9 Å². The number of hydrogen-bond acceptors (Lipinski definition) is 3. The van der Waals surface area contributed by atoms with Crippen LogP contribution in [0.4, 0.5) is 0 Å². The van der Waals surface area contributed by atoms with Crippen LogP contribution in [0, 0.1) is 12.8 Å². The first-order valence-corrected chi connectivity index (χ1v) is 5.46. The van der Waals surface area contributed by atoms with Gasteiger partial charge >= 0.3 is 0 Å². The van der Waals surface area contributed by atoms with Crippen molar-refractivity contribution < 1.29 is 4.79 Å². The number of aromatic nitrogens is 1. The summed E-state index contributed by atoms with van der Waals surface area (Å²) in [6, 6.07) is 3.39. The number of nitrogens with zero attached hydrogens (tertiary/aromatic N) is 1. The highest BCUT2D eigenvalue weighted by atomic mass is 35.5. The SMILES string of the molecule is Cc1cccnc1CNC(=O)C(N)C(C)C.Cl.Cl. The van der Waals surface area contributed by atoms with Gasteiger partial charge in [0.25, 0.3) is 0 Å². The summed E-state index contributed by atoms with van der Waals surface area (Å²) in [5, 5.41) is 2.79. The van der Waals surface area contributed by atoms with Crippen LogP contribution in [0.2, 0.25) is 0 Å². The molecule has 4 nitrogen and oxygen atoms in total. The molecule has 3 N–H and O–H groups in total. The van der Waals surface area contributed by atoms with Crippen LogP contribution < -0.4 is 11.1 Å². The average molecular weight is 294 g/mol. The van der Waals surface area contributed by atoms with Gasteiger partial charge in [-0.05, 0) is 24.5 Å². The molecular formula is C12H21Cl2N3O. The third-order valence-electron chi connectivity index (χ3n) is 2.57. The topological polar surface area (TPSA) is 68.0 Å². The lowest BCUT2D eigenvalue weighted by atomic mass is 10.1. The molecule has 1 unspecified atom stereocenters. The number of amides is 1. The van der Waals surface area contributed by atoms with E-state index in [-0.39, 0.29) is 36.6 Å². The molecular weight excluding hydrogens is 273 g/mol. The molecule has 1 aromatic heterocycles. The lowest BCUT2D eigenvalue weighted by Crippen LogP contribution is -2.43. The summed E-state index contributed by atoms with van der Waals surface area (Å²) >= 11 is 0. The zero-order valence-corrected chi connectivity index (χ0v) is 12.5. The van der Waals surface area contributed by atoms with E-state index in [0.29, 0.717) is 6.54 Å². The fourth-order valence-electron chi connectivity index (χ4n) is 1.29. The van der Waals surface area contributed by atoms with E-state index in [9.17, 15) is 4.79 Å². The number of hydrogen-bond donors (Lipinski definition) is 2. The zero-order valence-electron chi connectivity index (χ0n) is 10.8. The van der Waals surface area contributed by atoms with Crippen LogP contribution in [0.15, 0.2) is 18.3 Å². The largest absolute Gasteiger partial charge is 0.349 e. The normalized spacial score (nSPS) is 11.2. The van der Waals surface area contributed by atoms with E-state index < -0.39 is 6.04 Å². The first-order chi connectivity index (χ1) is 7.52. The number of carbonyl (C=O) groups excluding carboxylic acids is 1. The van der Waals surface area contributed by atoms with Crippen molar-refractivity contribution in [1.29, 1.82) is 0 Å². The van der Waals surface area contributed by atoms with Crippen LogP contribution >= 0.6 is 24.8 Å². The Morgan fingerprint density at radius 1 is 1.44 bits per heavy atom. The van der Waals surface area contributed by atoms with E-state index in [2.05, 4.69) is 10.3 Å². The van der Waals surface area contributed by atoms with Gasteiger partial charge in [0, 0.05) is 6.20 Å². The zero-order chi connectivity index (χ0) is 12.1. The Balaban J connectivity index is 0. The second kappa shape index (κ2) is 9.14. The van der Waals surface area contributed by atoms with Crippen LogP contribution in [0.5, 0.6) is 0 Å². The van der Waals surface area contributed by atoms with Gasteiger partial charge in [-0.3, -0.25) is 9.78 Å². The van der Waals surface area contributed by atoms with E-state index in [0.717, 1.165) is 11.3 Å². The van der Waals surface area contributed by atoms with Crippen LogP contribution in [0.25, 0.3) is 0 Å². The summed E-state index contributed by atoms with van der Waals surface area (Å²) in [6.07, 6.45) is 1.72. The number of nitrogens with one attached hydrogen (secondary N) is 1. The van der Waals surface area contributed by atoms with Gasteiger partial charge in [0.05, 0.1) is 18.3 Å². The lowest BCUT2D eigenvalue weighted by Gasteiger charge is -2.15. The molecule has 0 aliphatic heterocycles. The van der Waals surface area contributed by atoms with Gasteiger partial charge in [0.15, 0.2) is 0 Å². The van der Waals surface area contributed by atoms with Crippen LogP contribution in [0.1, 0.15) is 25.1 Å². The molecule has 0 radical (unpaired) electrons. The third-order valence-corrected chi connectivity index (χ3v) is 2.57. The summed E-state index contributed by atoms with van der Waals surface area (Å²) in [5.41, 5.74) is 7.68. The summed E-state index contributed by atoms with van der Waals surface area (Å²) < 4.78 is 0. The molecule has 6 heteroatoms. The molecule has 0 bridgehead atoms. The fourth-order valence-corrected chi connectivity index (χ4v) is 1.29. The first-order valence-electron chi connectivity index (χ1n) is 5.46. The van der Waals surface area contributed by atoms with Gasteiger partial charge < -0.3 is 11.1 Å². The van der Waals surface area contributed by atoms with Crippen molar-refractivity contribution in [1.82, 2.24) is 10.3 Å². The maximum atomic E-state index is 11.6. The minimum Gasteiger partial charge on any atom is -0.349 e. The molecule has 0 aliphatic carbocycles. The fraction of sp³-hybridized carbons (Fsp3) is 0.500. The molecule has 0 saturated carbocycles. The molecule has 104 valence electrons. The molecule has 0 aliphatic rings. The number of pyridine rings is 1. The number of nitrogens with two attached hydrogens (primary N) is 1. The van der Waals surface area contributed by atoms with Crippen molar-refractivity contribution in [3.05, 3.63) is 29.6 Å². The molecule has 1 atom stereocenters. The van der Waals surface area contributed by atoms with Crippen molar-refractivity contribution >= 4 is 30.7 Å². The summed E-state index contributed by atoms with van der Waals surface area (Å²) in [7, 11) is 0. The molecule has 18 heavy (non-hydrogen) atoms. The Morgan fingerprint density at radius 2 is 2.06 bits per heavy atom. The molecule has 1 heterocycles. The van der Waals surface area contributed by atoms with Gasteiger partial charge in [0.1, 0.15) is 0 Å². The van der Waals surface area contributed by atoms with E-state index in [1.54, 1.807) is 6.20 Å². The Kier molecular flexibility index (Phi) is 9.90. The molecule has 0 saturated heterocycles. The van der Waals surface area contributed by atoms with Gasteiger partial charge in [-0.15, -0.1) is 24.8 Å². The minimum absolute atomic E-state index is 0. The number of carbonyl (C=O) groups is 1. The predicted octanol–water partition coefficient (Wildman–Crippen LogP) is 1.83. The van der Waals surface area contributed by atoms with Crippen molar-refractivity contribution in [3.63, 3.8) is 0 Å². The number of halogens is 2. The number of aryl methyl sites for hydroxylation is 1. The van der Waals surface area contributed by atoms with Crippen LogP contribution in [0.3, 0.4) is 0 Å². The molecule has 1 rings (SSSR count). The average Bonchev–Trinajstić information content (AvgIpc) is 2.26. The maximum absolute atomic E-state index is 11.6. The number of rotatable bonds is 4. The van der Waals surface area contributed by atoms with E-state index >= 15 is 0 Å². The lowest BCUT2D eigenvalue weighted by molar-refractivity contribution is -0.123. The summed E-state index contributed by atoms with van der Waals surface area (Å²) in [6.45, 7) is 6.26. The molecule has 0 fully saturated rings. The standard InChI is InChI=1S/C12H19N3O.2ClH/c1-8(2)11(13)12(16)15-7-10-9(3)5-4-6-14-10;;/h4-6,8,11H,7,13H2,1-3H3,(H,15,16);2*1H. The van der Waals surface area contributed by atoms with Crippen molar-refractivity contribution in [3.8, 4) is 0 Å². The van der Waals surface area contributed by atoms with E-state index in [1.165, 1.54) is 0 Å². The van der Waals surface area contributed by atoms with Crippen molar-refractivity contribution in [2.75, 3.05) is 0 Å². The Labute approximate surface area is 121 Å². The maximum Gasteiger partial charge on any atom is 0.237 e. The molecule has 1 amide bonds. The van der Waals surface area contributed by atoms with Crippen molar-refractivity contribution in [2.24, 2.45) is 11.7 Å². The van der Waals surface area contributed by atoms with E-state index in [1.807, 2.05) is 32.9 Å². The van der Waals surface area contributed by atoms with Crippen LogP contribution in [-0.4, -0.2) is 16.9 Å². The Morgan fingerprint density at radius 3 is 2.56 bits per heavy atom. The quantitative estimate of drug-likeness (QED) is 0.890. The molecule has 0 aromatic carbocycles. The summed E-state index contributed by atoms with van der Waals surface area (Å²) in [5.74, 6) is 0.0184. The molecule has 0 spiro atoms. The minimum atomic E-state index is -0.455. The van der Waals surface area contributed by atoms with Crippen molar-refractivity contribution in [2.45, 2.75) is 33.4 Å². The highest BCUT2D eigenvalue weighted by molar-refractivity contribution is 5.85. The Bertz CT molecular complexity index is 372. The van der Waals surface area contributed by atoms with Crippen LogP contribution in [-0.2, 0) is 11.3 Å². The predicted molar refractivity (Wildman–Crippen MR) is 78.1 cm³/mol. The van der Waals surface area contributed by atoms with Gasteiger partial charge in [-0.25, -0.2) is 0 Å². The summed E-state index contributed by atoms with van der Waals surface area (Å²) in [4.78, 5) is 15.8. The van der Waals surface area contributed by atoms with Gasteiger partial charge in [0.2, 0.25) is 5.91 Å². The monoisotopic (exact) mass is 293 g/mol. The highest BCUT2D eigenvalue weighted by Gasteiger charge is 2.16. The van der Waals surface area contributed by atoms with Gasteiger partial charge in [-0.2, -0.15) is 0 Å². The second-order valence-electron chi connectivity index (χ2n) is 4.25. The molecule has 1 aromatic rings. The second-order valence-corrected chi connectivity index (χ2v) is 4.25.